The monoisotopic (exact) mass is 198 g/mol. The van der Waals surface area contributed by atoms with Crippen LogP contribution in [0, 0.1) is 6.92 Å². The zero-order valence-electron chi connectivity index (χ0n) is 7.24. The van der Waals surface area contributed by atoms with Crippen LogP contribution in [0.25, 0.3) is 0 Å². The van der Waals surface area contributed by atoms with Crippen LogP contribution >= 0.6 is 11.8 Å². The van der Waals surface area contributed by atoms with E-state index in [9.17, 15) is 4.79 Å². The maximum absolute atomic E-state index is 11.0. The Balaban J connectivity index is 2.05. The van der Waals surface area contributed by atoms with Crippen molar-refractivity contribution in [3.8, 4) is 0 Å². The largest absolute Gasteiger partial charge is 0.372 e. The van der Waals surface area contributed by atoms with Crippen LogP contribution < -0.4 is 5.56 Å². The van der Waals surface area contributed by atoms with Gasteiger partial charge in [-0.25, -0.2) is 4.98 Å². The first-order valence-corrected chi connectivity index (χ1v) is 5.05. The summed E-state index contributed by atoms with van der Waals surface area (Å²) in [6.07, 6.45) is 0.357. The van der Waals surface area contributed by atoms with Crippen LogP contribution in [-0.4, -0.2) is 28.4 Å². The number of H-pyrrole nitrogens is 1. The van der Waals surface area contributed by atoms with Gasteiger partial charge in [-0.15, -0.1) is 0 Å². The van der Waals surface area contributed by atoms with Gasteiger partial charge in [0.1, 0.15) is 0 Å². The fourth-order valence-corrected chi connectivity index (χ4v) is 1.87. The number of nitrogens with zero attached hydrogens (tertiary/aromatic N) is 1. The van der Waals surface area contributed by atoms with Crippen molar-refractivity contribution in [3.05, 3.63) is 22.1 Å². The lowest BCUT2D eigenvalue weighted by Crippen LogP contribution is -2.08. The second-order valence-corrected chi connectivity index (χ2v) is 3.97. The van der Waals surface area contributed by atoms with E-state index in [4.69, 9.17) is 4.74 Å². The van der Waals surface area contributed by atoms with E-state index in [1.54, 1.807) is 0 Å². The molecule has 0 amide bonds. The predicted molar refractivity (Wildman–Crippen MR) is 50.1 cm³/mol. The summed E-state index contributed by atoms with van der Waals surface area (Å²) in [5.74, 6) is 0.867. The van der Waals surface area contributed by atoms with E-state index < -0.39 is 0 Å². The van der Waals surface area contributed by atoms with Gasteiger partial charge in [0.15, 0.2) is 5.16 Å². The van der Waals surface area contributed by atoms with Crippen LogP contribution in [0.1, 0.15) is 5.69 Å². The Labute approximate surface area is 79.7 Å². The molecule has 1 fully saturated rings. The predicted octanol–water partition coefficient (Wildman–Crippen LogP) is 0.569. The van der Waals surface area contributed by atoms with Crippen molar-refractivity contribution in [2.45, 2.75) is 18.2 Å². The van der Waals surface area contributed by atoms with E-state index in [1.807, 2.05) is 6.92 Å². The molecule has 5 heteroatoms. The van der Waals surface area contributed by atoms with Gasteiger partial charge in [0.2, 0.25) is 0 Å². The zero-order valence-corrected chi connectivity index (χ0v) is 8.06. The lowest BCUT2D eigenvalue weighted by molar-refractivity contribution is 0.426. The molecule has 4 nitrogen and oxygen atoms in total. The minimum atomic E-state index is -0.0910. The Hall–Kier alpha value is -0.810. The molecule has 1 atom stereocenters. The van der Waals surface area contributed by atoms with Crippen LogP contribution in [0.15, 0.2) is 16.0 Å². The van der Waals surface area contributed by atoms with Crippen LogP contribution in [0.2, 0.25) is 0 Å². The Kier molecular flexibility index (Phi) is 2.37. The van der Waals surface area contributed by atoms with Crippen molar-refractivity contribution >= 4 is 11.8 Å². The molecule has 0 saturated carbocycles. The third kappa shape index (κ3) is 2.57. The molecule has 0 unspecified atom stereocenters. The Morgan fingerprint density at radius 3 is 3.23 bits per heavy atom. The number of aromatic nitrogens is 2. The van der Waals surface area contributed by atoms with Gasteiger partial charge in [0, 0.05) is 17.5 Å². The van der Waals surface area contributed by atoms with Crippen LogP contribution in [-0.2, 0) is 4.74 Å². The van der Waals surface area contributed by atoms with Gasteiger partial charge >= 0.3 is 0 Å². The Morgan fingerprint density at radius 1 is 1.85 bits per heavy atom. The summed E-state index contributed by atoms with van der Waals surface area (Å²) in [5, 5.41) is 0.681. The standard InChI is InChI=1S/C8H10N2O2S/c1-5-2-7(11)10-8(9-5)13-4-6-3-12-6/h2,6H,3-4H2,1H3,(H,9,10,11)/t6-/m1/s1. The number of thioether (sulfide) groups is 1. The van der Waals surface area contributed by atoms with Crippen LogP contribution in [0.5, 0.6) is 0 Å². The minimum Gasteiger partial charge on any atom is -0.372 e. The number of hydrogen-bond acceptors (Lipinski definition) is 4. The topological polar surface area (TPSA) is 58.3 Å². The molecule has 1 aromatic heterocycles. The van der Waals surface area contributed by atoms with E-state index in [-0.39, 0.29) is 5.56 Å². The van der Waals surface area contributed by atoms with E-state index in [0.717, 1.165) is 18.1 Å². The highest BCUT2D eigenvalue weighted by Crippen LogP contribution is 2.19. The molecule has 1 saturated heterocycles. The maximum atomic E-state index is 11.0. The zero-order chi connectivity index (χ0) is 9.26. The van der Waals surface area contributed by atoms with Gasteiger partial charge < -0.3 is 9.72 Å². The molecule has 2 rings (SSSR count). The lowest BCUT2D eigenvalue weighted by Gasteiger charge is -1.98. The molecule has 1 aromatic rings. The summed E-state index contributed by atoms with van der Waals surface area (Å²) in [5.41, 5.74) is 0.662. The fourth-order valence-electron chi connectivity index (χ4n) is 0.956. The number of epoxide rings is 1. The number of aryl methyl sites for hydroxylation is 1. The molecule has 2 heterocycles. The van der Waals surface area contributed by atoms with Crippen molar-refractivity contribution in [1.29, 1.82) is 0 Å². The van der Waals surface area contributed by atoms with Crippen molar-refractivity contribution in [3.63, 3.8) is 0 Å². The van der Waals surface area contributed by atoms with Crippen molar-refractivity contribution in [1.82, 2.24) is 9.97 Å². The number of aromatic amines is 1. The number of ether oxygens (including phenoxy) is 1. The van der Waals surface area contributed by atoms with Crippen molar-refractivity contribution < 1.29 is 4.74 Å². The summed E-state index contributed by atoms with van der Waals surface area (Å²) < 4.78 is 5.05. The quantitative estimate of drug-likeness (QED) is 0.438. The average molecular weight is 198 g/mol. The van der Waals surface area contributed by atoms with Gasteiger partial charge in [-0.1, -0.05) is 11.8 Å². The van der Waals surface area contributed by atoms with Crippen LogP contribution in [0.3, 0.4) is 0 Å². The molecule has 13 heavy (non-hydrogen) atoms. The molecule has 1 N–H and O–H groups in total. The first kappa shape index (κ1) is 8.77. The second-order valence-electron chi connectivity index (χ2n) is 2.96. The van der Waals surface area contributed by atoms with Gasteiger partial charge in [0.25, 0.3) is 5.56 Å². The third-order valence-corrected chi connectivity index (χ3v) is 2.66. The molecular formula is C8H10N2O2S. The third-order valence-electron chi connectivity index (χ3n) is 1.66. The number of hydrogen-bond donors (Lipinski definition) is 1. The molecule has 0 spiro atoms. The van der Waals surface area contributed by atoms with Gasteiger partial charge in [-0.3, -0.25) is 4.79 Å². The Bertz CT molecular complexity index is 359. The summed E-state index contributed by atoms with van der Waals surface area (Å²) in [4.78, 5) is 17.9. The lowest BCUT2D eigenvalue weighted by atomic mass is 10.5. The fraction of sp³-hybridized carbons (Fsp3) is 0.500. The summed E-state index contributed by atoms with van der Waals surface area (Å²) in [6.45, 7) is 2.65. The average Bonchev–Trinajstić information content (AvgIpc) is 2.81. The molecule has 0 aliphatic carbocycles. The summed E-state index contributed by atoms with van der Waals surface area (Å²) >= 11 is 1.53. The molecule has 1 aliphatic heterocycles. The highest BCUT2D eigenvalue weighted by atomic mass is 32.2. The van der Waals surface area contributed by atoms with E-state index in [1.165, 1.54) is 17.8 Å². The van der Waals surface area contributed by atoms with E-state index in [2.05, 4.69) is 9.97 Å². The van der Waals surface area contributed by atoms with Gasteiger partial charge in [0.05, 0.1) is 12.7 Å². The number of nitrogens with one attached hydrogen (secondary N) is 1. The van der Waals surface area contributed by atoms with Gasteiger partial charge in [-0.05, 0) is 6.92 Å². The highest BCUT2D eigenvalue weighted by molar-refractivity contribution is 7.99. The Morgan fingerprint density at radius 2 is 2.62 bits per heavy atom. The summed E-state index contributed by atoms with van der Waals surface area (Å²) in [6, 6.07) is 1.48. The van der Waals surface area contributed by atoms with Crippen LogP contribution in [0.4, 0.5) is 0 Å². The maximum Gasteiger partial charge on any atom is 0.251 e. The van der Waals surface area contributed by atoms with E-state index >= 15 is 0 Å². The SMILES string of the molecule is Cc1cc(=O)[nH]c(SC[C@H]2CO2)n1. The molecule has 1 aliphatic rings. The van der Waals surface area contributed by atoms with Crippen molar-refractivity contribution in [2.24, 2.45) is 0 Å². The van der Waals surface area contributed by atoms with Crippen molar-refractivity contribution in [2.75, 3.05) is 12.4 Å². The first-order valence-electron chi connectivity index (χ1n) is 4.06. The minimum absolute atomic E-state index is 0.0910. The highest BCUT2D eigenvalue weighted by Gasteiger charge is 2.22. The molecule has 0 radical (unpaired) electrons. The second kappa shape index (κ2) is 3.51. The molecule has 70 valence electrons. The first-order chi connectivity index (χ1) is 6.24. The normalized spacial score (nSPS) is 20.2. The smallest absolute Gasteiger partial charge is 0.251 e. The molecule has 0 bridgehead atoms. The van der Waals surface area contributed by atoms with Gasteiger partial charge in [-0.2, -0.15) is 0 Å². The number of rotatable bonds is 3. The molecule has 0 aromatic carbocycles. The van der Waals surface area contributed by atoms with E-state index in [0.29, 0.717) is 11.3 Å². The molecular weight excluding hydrogens is 188 g/mol. The summed E-state index contributed by atoms with van der Waals surface area (Å²) in [7, 11) is 0.